The number of rotatable bonds is 10. The molecule has 18 heavy (non-hydrogen) atoms. The van der Waals surface area contributed by atoms with Crippen molar-refractivity contribution in [2.45, 2.75) is 45.6 Å². The van der Waals surface area contributed by atoms with Crippen LogP contribution in [0.15, 0.2) is 12.4 Å². The van der Waals surface area contributed by atoms with Crippen LogP contribution in [0.5, 0.6) is 0 Å². The molecule has 0 aliphatic rings. The summed E-state index contributed by atoms with van der Waals surface area (Å²) < 4.78 is 7.67. The zero-order valence-corrected chi connectivity index (χ0v) is 12.0. The van der Waals surface area contributed by atoms with Gasteiger partial charge in [0.2, 0.25) is 0 Å². The molecule has 1 atom stereocenters. The molecule has 0 fully saturated rings. The Balaban J connectivity index is 2.37. The van der Waals surface area contributed by atoms with E-state index in [2.05, 4.69) is 28.7 Å². The third-order valence-corrected chi connectivity index (χ3v) is 2.99. The van der Waals surface area contributed by atoms with Gasteiger partial charge in [0, 0.05) is 45.1 Å². The van der Waals surface area contributed by atoms with Crippen LogP contribution in [0.1, 0.15) is 38.9 Å². The van der Waals surface area contributed by atoms with Crippen LogP contribution in [0.4, 0.5) is 0 Å². The van der Waals surface area contributed by atoms with E-state index in [9.17, 15) is 0 Å². The molecule has 1 unspecified atom stereocenters. The van der Waals surface area contributed by atoms with Crippen molar-refractivity contribution in [3.8, 4) is 0 Å². The van der Waals surface area contributed by atoms with Crippen LogP contribution in [0, 0.1) is 0 Å². The number of nitrogens with zero attached hydrogens (tertiary/aromatic N) is 2. The quantitative estimate of drug-likeness (QED) is 0.649. The van der Waals surface area contributed by atoms with Crippen LogP contribution < -0.4 is 5.32 Å². The Morgan fingerprint density at radius 1 is 1.33 bits per heavy atom. The first-order chi connectivity index (χ1) is 8.77. The van der Waals surface area contributed by atoms with E-state index in [0.29, 0.717) is 6.04 Å². The Morgan fingerprint density at radius 3 is 2.78 bits per heavy atom. The van der Waals surface area contributed by atoms with Gasteiger partial charge in [-0.15, -0.1) is 0 Å². The largest absolute Gasteiger partial charge is 0.381 e. The lowest BCUT2D eigenvalue weighted by Crippen LogP contribution is -2.33. The monoisotopic (exact) mass is 253 g/mol. The van der Waals surface area contributed by atoms with Crippen LogP contribution >= 0.6 is 0 Å². The molecule has 0 amide bonds. The van der Waals surface area contributed by atoms with Gasteiger partial charge in [0.15, 0.2) is 0 Å². The number of aryl methyl sites for hydroxylation is 1. The van der Waals surface area contributed by atoms with Crippen molar-refractivity contribution in [1.29, 1.82) is 0 Å². The molecule has 0 bridgehead atoms. The summed E-state index contributed by atoms with van der Waals surface area (Å²) in [6, 6.07) is 0.461. The molecular formula is C14H27N3O. The van der Waals surface area contributed by atoms with Crippen LogP contribution in [-0.4, -0.2) is 35.4 Å². The highest BCUT2D eigenvalue weighted by Gasteiger charge is 2.11. The Hall–Kier alpha value is -0.870. The summed E-state index contributed by atoms with van der Waals surface area (Å²) in [5, 5.41) is 3.58. The average Bonchev–Trinajstić information content (AvgIpc) is 2.77. The van der Waals surface area contributed by atoms with Gasteiger partial charge in [0.25, 0.3) is 0 Å². The summed E-state index contributed by atoms with van der Waals surface area (Å²) in [5.41, 5.74) is 0. The van der Waals surface area contributed by atoms with Gasteiger partial charge in [-0.3, -0.25) is 0 Å². The number of aromatic nitrogens is 2. The van der Waals surface area contributed by atoms with Gasteiger partial charge in [-0.25, -0.2) is 4.98 Å². The first kappa shape index (κ1) is 15.2. The summed E-state index contributed by atoms with van der Waals surface area (Å²) in [6.45, 7) is 7.09. The predicted molar refractivity (Wildman–Crippen MR) is 74.7 cm³/mol. The molecule has 1 rings (SSSR count). The van der Waals surface area contributed by atoms with Gasteiger partial charge in [0.05, 0.1) is 0 Å². The van der Waals surface area contributed by atoms with E-state index < -0.39 is 0 Å². The van der Waals surface area contributed by atoms with E-state index in [1.807, 2.05) is 19.4 Å². The Bertz CT molecular complexity index is 312. The molecule has 104 valence electrons. The summed E-state index contributed by atoms with van der Waals surface area (Å²) in [6.07, 6.45) is 8.13. The molecular weight excluding hydrogens is 226 g/mol. The molecule has 0 spiro atoms. The lowest BCUT2D eigenvalue weighted by atomic mass is 10.1. The van der Waals surface area contributed by atoms with Crippen molar-refractivity contribution in [3.63, 3.8) is 0 Å². The molecule has 0 aromatic carbocycles. The molecule has 1 heterocycles. The Labute approximate surface area is 111 Å². The minimum Gasteiger partial charge on any atom is -0.381 e. The van der Waals surface area contributed by atoms with Crippen molar-refractivity contribution in [1.82, 2.24) is 14.9 Å². The molecule has 1 aromatic rings. The van der Waals surface area contributed by atoms with E-state index in [-0.39, 0.29) is 0 Å². The molecule has 4 heteroatoms. The van der Waals surface area contributed by atoms with Crippen LogP contribution in [0.3, 0.4) is 0 Å². The zero-order valence-electron chi connectivity index (χ0n) is 12.0. The number of imidazole rings is 1. The number of hydrogen-bond donors (Lipinski definition) is 1. The van der Waals surface area contributed by atoms with Crippen molar-refractivity contribution in [2.24, 2.45) is 7.05 Å². The van der Waals surface area contributed by atoms with E-state index in [4.69, 9.17) is 4.74 Å². The van der Waals surface area contributed by atoms with Gasteiger partial charge in [-0.05, 0) is 25.8 Å². The second-order valence-electron chi connectivity index (χ2n) is 4.71. The topological polar surface area (TPSA) is 39.1 Å². The van der Waals surface area contributed by atoms with Crippen LogP contribution in [0.2, 0.25) is 0 Å². The SMILES string of the molecule is CCCNC(CCOCCC)Cc1nccn1C. The third kappa shape index (κ3) is 5.65. The highest BCUT2D eigenvalue weighted by atomic mass is 16.5. The summed E-state index contributed by atoms with van der Waals surface area (Å²) in [5.74, 6) is 1.14. The Morgan fingerprint density at radius 2 is 2.17 bits per heavy atom. The second-order valence-corrected chi connectivity index (χ2v) is 4.71. The Kier molecular flexibility index (Phi) is 7.69. The number of hydrogen-bond acceptors (Lipinski definition) is 3. The van der Waals surface area contributed by atoms with E-state index >= 15 is 0 Å². The van der Waals surface area contributed by atoms with Crippen LogP contribution in [-0.2, 0) is 18.2 Å². The van der Waals surface area contributed by atoms with Gasteiger partial charge in [-0.2, -0.15) is 0 Å². The fourth-order valence-corrected chi connectivity index (χ4v) is 1.91. The van der Waals surface area contributed by atoms with Crippen molar-refractivity contribution < 1.29 is 4.74 Å². The highest BCUT2D eigenvalue weighted by Crippen LogP contribution is 2.04. The standard InChI is InChI=1S/C14H27N3O/c1-4-7-15-13(6-11-18-10-5-2)12-14-16-8-9-17(14)3/h8-9,13,15H,4-7,10-12H2,1-3H3. The number of ether oxygens (including phenoxy) is 1. The van der Waals surface area contributed by atoms with Crippen molar-refractivity contribution in [2.75, 3.05) is 19.8 Å². The molecule has 0 saturated carbocycles. The molecule has 0 aliphatic carbocycles. The lowest BCUT2D eigenvalue weighted by molar-refractivity contribution is 0.124. The predicted octanol–water partition coefficient (Wildman–Crippen LogP) is 2.15. The van der Waals surface area contributed by atoms with Gasteiger partial charge in [-0.1, -0.05) is 13.8 Å². The summed E-state index contributed by atoms with van der Waals surface area (Å²) in [7, 11) is 2.05. The first-order valence-electron chi connectivity index (χ1n) is 7.05. The third-order valence-electron chi connectivity index (χ3n) is 2.99. The van der Waals surface area contributed by atoms with E-state index in [1.54, 1.807) is 0 Å². The van der Waals surface area contributed by atoms with Crippen molar-refractivity contribution in [3.05, 3.63) is 18.2 Å². The minimum absolute atomic E-state index is 0.461. The molecule has 4 nitrogen and oxygen atoms in total. The molecule has 0 radical (unpaired) electrons. The molecule has 1 aromatic heterocycles. The maximum absolute atomic E-state index is 5.58. The highest BCUT2D eigenvalue weighted by molar-refractivity contribution is 4.94. The molecule has 0 saturated heterocycles. The first-order valence-corrected chi connectivity index (χ1v) is 7.05. The van der Waals surface area contributed by atoms with Gasteiger partial charge >= 0.3 is 0 Å². The van der Waals surface area contributed by atoms with Gasteiger partial charge in [0.1, 0.15) is 5.82 Å². The molecule has 1 N–H and O–H groups in total. The van der Waals surface area contributed by atoms with Crippen molar-refractivity contribution >= 4 is 0 Å². The normalized spacial score (nSPS) is 12.8. The maximum atomic E-state index is 5.58. The minimum atomic E-state index is 0.461. The van der Waals surface area contributed by atoms with Gasteiger partial charge < -0.3 is 14.6 Å². The zero-order chi connectivity index (χ0) is 13.2. The fraction of sp³-hybridized carbons (Fsp3) is 0.786. The van der Waals surface area contributed by atoms with E-state index in [1.165, 1.54) is 0 Å². The fourth-order valence-electron chi connectivity index (χ4n) is 1.91. The summed E-state index contributed by atoms with van der Waals surface area (Å²) in [4.78, 5) is 4.39. The average molecular weight is 253 g/mol. The van der Waals surface area contributed by atoms with Crippen LogP contribution in [0.25, 0.3) is 0 Å². The van der Waals surface area contributed by atoms with E-state index in [0.717, 1.165) is 51.3 Å². The maximum Gasteiger partial charge on any atom is 0.109 e. The summed E-state index contributed by atoms with van der Waals surface area (Å²) >= 11 is 0. The second kappa shape index (κ2) is 9.11. The number of nitrogens with one attached hydrogen (secondary N) is 1. The smallest absolute Gasteiger partial charge is 0.109 e. The lowest BCUT2D eigenvalue weighted by Gasteiger charge is -2.18. The molecule has 0 aliphatic heterocycles.